The van der Waals surface area contributed by atoms with E-state index in [-0.39, 0.29) is 5.54 Å². The van der Waals surface area contributed by atoms with Crippen molar-refractivity contribution in [3.05, 3.63) is 11.3 Å². The monoisotopic (exact) mass is 237 g/mol. The number of hydrogen-bond acceptors (Lipinski definition) is 1. The molecule has 0 N–H and O–H groups in total. The molecule has 0 radical (unpaired) electrons. The van der Waals surface area contributed by atoms with Crippen molar-refractivity contribution in [3.63, 3.8) is 0 Å². The van der Waals surface area contributed by atoms with Crippen LogP contribution >= 0.6 is 0 Å². The molecule has 0 saturated heterocycles. The second-order valence-corrected chi connectivity index (χ2v) is 7.34. The maximum Gasteiger partial charge on any atom is 0.0315 e. The minimum atomic E-state index is 0.248. The summed E-state index contributed by atoms with van der Waals surface area (Å²) in [7, 11) is 0. The van der Waals surface area contributed by atoms with E-state index in [1.807, 2.05) is 0 Å². The van der Waals surface area contributed by atoms with Gasteiger partial charge >= 0.3 is 0 Å². The lowest BCUT2D eigenvalue weighted by molar-refractivity contribution is 0.157. The lowest BCUT2D eigenvalue weighted by Crippen LogP contribution is -2.42. The van der Waals surface area contributed by atoms with Crippen molar-refractivity contribution in [3.8, 4) is 0 Å². The van der Waals surface area contributed by atoms with Crippen LogP contribution in [0.15, 0.2) is 11.3 Å². The van der Waals surface area contributed by atoms with Crippen LogP contribution in [0.3, 0.4) is 0 Å². The smallest absolute Gasteiger partial charge is 0.0315 e. The van der Waals surface area contributed by atoms with Crippen LogP contribution in [0.2, 0.25) is 0 Å². The van der Waals surface area contributed by atoms with Gasteiger partial charge in [-0.3, -0.25) is 0 Å². The predicted molar refractivity (Wildman–Crippen MR) is 77.0 cm³/mol. The average molecular weight is 237 g/mol. The van der Waals surface area contributed by atoms with Crippen LogP contribution in [0.5, 0.6) is 0 Å². The molecule has 0 aliphatic carbocycles. The Labute approximate surface area is 108 Å². The number of nitrogens with zero attached hydrogens (tertiary/aromatic N) is 1. The Bertz CT molecular complexity index is 302. The Morgan fingerprint density at radius 3 is 2.00 bits per heavy atom. The van der Waals surface area contributed by atoms with Crippen molar-refractivity contribution in [1.29, 1.82) is 0 Å². The minimum absolute atomic E-state index is 0.248. The van der Waals surface area contributed by atoms with Crippen LogP contribution in [0.1, 0.15) is 68.2 Å². The summed E-state index contributed by atoms with van der Waals surface area (Å²) in [5, 5.41) is 0. The van der Waals surface area contributed by atoms with E-state index in [9.17, 15) is 0 Å². The molecule has 0 atom stereocenters. The van der Waals surface area contributed by atoms with E-state index in [0.29, 0.717) is 11.3 Å². The molecule has 17 heavy (non-hydrogen) atoms. The molecule has 1 aliphatic rings. The Balaban J connectivity index is 3.24. The Morgan fingerprint density at radius 2 is 1.65 bits per heavy atom. The Hall–Kier alpha value is -0.460. The third kappa shape index (κ3) is 2.86. The highest BCUT2D eigenvalue weighted by atomic mass is 15.2. The summed E-state index contributed by atoms with van der Waals surface area (Å²) >= 11 is 0. The molecule has 0 saturated carbocycles. The molecule has 0 fully saturated rings. The molecular weight excluding hydrogens is 206 g/mol. The SMILES string of the molecule is CCC(C)(C)C1=C(C(C)C)CCN1C(C)(C)C. The fraction of sp³-hybridized carbons (Fsp3) is 0.875. The summed E-state index contributed by atoms with van der Waals surface area (Å²) in [4.78, 5) is 2.64. The molecule has 0 aromatic rings. The van der Waals surface area contributed by atoms with Gasteiger partial charge in [-0.25, -0.2) is 0 Å². The second kappa shape index (κ2) is 4.66. The molecule has 0 unspecified atom stereocenters. The zero-order chi connectivity index (χ0) is 13.4. The normalized spacial score (nSPS) is 18.5. The van der Waals surface area contributed by atoms with E-state index in [1.165, 1.54) is 19.4 Å². The summed E-state index contributed by atoms with van der Waals surface area (Å²) in [5.41, 5.74) is 3.87. The maximum atomic E-state index is 2.64. The summed E-state index contributed by atoms with van der Waals surface area (Å²) in [6, 6.07) is 0. The van der Waals surface area contributed by atoms with Gasteiger partial charge in [0, 0.05) is 23.2 Å². The van der Waals surface area contributed by atoms with Gasteiger partial charge in [-0.1, -0.05) is 34.6 Å². The van der Waals surface area contributed by atoms with Gasteiger partial charge in [0.25, 0.3) is 0 Å². The molecule has 0 aromatic heterocycles. The van der Waals surface area contributed by atoms with Gasteiger partial charge in [0.05, 0.1) is 0 Å². The molecule has 0 spiro atoms. The summed E-state index contributed by atoms with van der Waals surface area (Å²) in [6.07, 6.45) is 2.47. The molecule has 0 aromatic carbocycles. The third-order valence-electron chi connectivity index (χ3n) is 4.21. The predicted octanol–water partition coefficient (Wildman–Crippen LogP) is 4.84. The molecule has 0 bridgehead atoms. The molecule has 0 amide bonds. The topological polar surface area (TPSA) is 3.24 Å². The Kier molecular flexibility index (Phi) is 4.01. The average Bonchev–Trinajstić information content (AvgIpc) is 2.61. The van der Waals surface area contributed by atoms with E-state index < -0.39 is 0 Å². The fourth-order valence-corrected chi connectivity index (χ4v) is 2.84. The molecule has 1 aliphatic heterocycles. The first-order chi connectivity index (χ1) is 7.61. The summed E-state index contributed by atoms with van der Waals surface area (Å²) in [6.45, 7) is 20.0. The first kappa shape index (κ1) is 14.6. The fourth-order valence-electron chi connectivity index (χ4n) is 2.84. The van der Waals surface area contributed by atoms with E-state index in [1.54, 1.807) is 11.3 Å². The quantitative estimate of drug-likeness (QED) is 0.679. The van der Waals surface area contributed by atoms with Crippen LogP contribution < -0.4 is 0 Å². The van der Waals surface area contributed by atoms with E-state index in [0.717, 1.165) is 0 Å². The van der Waals surface area contributed by atoms with Gasteiger partial charge in [-0.2, -0.15) is 0 Å². The largest absolute Gasteiger partial charge is 0.369 e. The van der Waals surface area contributed by atoms with Crippen molar-refractivity contribution in [2.75, 3.05) is 6.54 Å². The zero-order valence-corrected chi connectivity index (χ0v) is 13.1. The van der Waals surface area contributed by atoms with Crippen LogP contribution in [-0.2, 0) is 0 Å². The van der Waals surface area contributed by atoms with E-state index in [2.05, 4.69) is 60.3 Å². The first-order valence-electron chi connectivity index (χ1n) is 7.12. The van der Waals surface area contributed by atoms with Gasteiger partial charge in [-0.15, -0.1) is 0 Å². The highest BCUT2D eigenvalue weighted by Crippen LogP contribution is 2.44. The van der Waals surface area contributed by atoms with Gasteiger partial charge in [0.1, 0.15) is 0 Å². The maximum absolute atomic E-state index is 2.64. The van der Waals surface area contributed by atoms with Crippen molar-refractivity contribution < 1.29 is 0 Å². The number of allylic oxidation sites excluding steroid dienone is 1. The standard InChI is InChI=1S/C16H31N/c1-9-16(7,8)14-13(12(2)3)10-11-17(14)15(4,5)6/h12H,9-11H2,1-8H3. The number of hydrogen-bond donors (Lipinski definition) is 0. The number of rotatable bonds is 3. The summed E-state index contributed by atoms with van der Waals surface area (Å²) < 4.78 is 0. The lowest BCUT2D eigenvalue weighted by atomic mass is 9.81. The molecule has 1 rings (SSSR count). The van der Waals surface area contributed by atoms with Crippen molar-refractivity contribution >= 4 is 0 Å². The molecule has 1 heterocycles. The van der Waals surface area contributed by atoms with E-state index >= 15 is 0 Å². The van der Waals surface area contributed by atoms with E-state index in [4.69, 9.17) is 0 Å². The van der Waals surface area contributed by atoms with Crippen molar-refractivity contribution in [2.45, 2.75) is 73.8 Å². The zero-order valence-electron chi connectivity index (χ0n) is 13.1. The summed E-state index contributed by atoms with van der Waals surface area (Å²) in [5.74, 6) is 0.683. The first-order valence-corrected chi connectivity index (χ1v) is 7.12. The van der Waals surface area contributed by atoms with Gasteiger partial charge in [0.15, 0.2) is 0 Å². The van der Waals surface area contributed by atoms with Crippen molar-refractivity contribution in [2.24, 2.45) is 11.3 Å². The van der Waals surface area contributed by atoms with Crippen LogP contribution in [0.25, 0.3) is 0 Å². The third-order valence-corrected chi connectivity index (χ3v) is 4.21. The van der Waals surface area contributed by atoms with Crippen molar-refractivity contribution in [1.82, 2.24) is 4.90 Å². The second-order valence-electron chi connectivity index (χ2n) is 7.34. The highest BCUT2D eigenvalue weighted by molar-refractivity contribution is 5.27. The van der Waals surface area contributed by atoms with Gasteiger partial charge in [-0.05, 0) is 45.1 Å². The van der Waals surface area contributed by atoms with Gasteiger partial charge < -0.3 is 4.90 Å². The molecule has 1 heteroatoms. The molecule has 100 valence electrons. The van der Waals surface area contributed by atoms with Crippen LogP contribution in [0.4, 0.5) is 0 Å². The van der Waals surface area contributed by atoms with Crippen LogP contribution in [0, 0.1) is 11.3 Å². The molecule has 1 nitrogen and oxygen atoms in total. The Morgan fingerprint density at radius 1 is 1.12 bits per heavy atom. The lowest BCUT2D eigenvalue weighted by Gasteiger charge is -2.43. The van der Waals surface area contributed by atoms with Crippen LogP contribution in [-0.4, -0.2) is 17.0 Å². The minimum Gasteiger partial charge on any atom is -0.369 e. The van der Waals surface area contributed by atoms with Gasteiger partial charge in [0.2, 0.25) is 0 Å². The molecular formula is C16H31N. The highest BCUT2D eigenvalue weighted by Gasteiger charge is 2.38.